The molecule has 2 aromatic heterocycles. The lowest BCUT2D eigenvalue weighted by Crippen LogP contribution is -2.19. The summed E-state index contributed by atoms with van der Waals surface area (Å²) in [6.45, 7) is 2.30. The van der Waals surface area contributed by atoms with E-state index in [1.165, 1.54) is 12.8 Å². The van der Waals surface area contributed by atoms with Crippen LogP contribution in [-0.2, 0) is 0 Å². The Balaban J connectivity index is 1.81. The minimum Gasteiger partial charge on any atom is -0.386 e. The SMILES string of the molecule is CC1CCC(C(O)c2cn3ccccc3n2)CC1. The zero-order valence-corrected chi connectivity index (χ0v) is 10.8. The van der Waals surface area contributed by atoms with Crippen molar-refractivity contribution < 1.29 is 5.11 Å². The maximum atomic E-state index is 10.5. The van der Waals surface area contributed by atoms with E-state index in [-0.39, 0.29) is 0 Å². The van der Waals surface area contributed by atoms with E-state index in [1.807, 2.05) is 35.0 Å². The van der Waals surface area contributed by atoms with E-state index in [2.05, 4.69) is 11.9 Å². The standard InChI is InChI=1S/C15H20N2O/c1-11-5-7-12(8-6-11)15(18)13-10-17-9-3-2-4-14(17)16-13/h2-4,9-12,15,18H,5-8H2,1H3. The Labute approximate surface area is 107 Å². The minimum atomic E-state index is -0.405. The molecule has 0 aromatic carbocycles. The third-order valence-electron chi connectivity index (χ3n) is 4.19. The lowest BCUT2D eigenvalue weighted by atomic mass is 9.79. The smallest absolute Gasteiger partial charge is 0.137 e. The molecule has 1 aliphatic carbocycles. The van der Waals surface area contributed by atoms with Gasteiger partial charge in [-0.15, -0.1) is 0 Å². The van der Waals surface area contributed by atoms with Gasteiger partial charge in [0.25, 0.3) is 0 Å². The maximum Gasteiger partial charge on any atom is 0.137 e. The van der Waals surface area contributed by atoms with Crippen LogP contribution in [0.25, 0.3) is 5.65 Å². The molecular formula is C15H20N2O. The molecule has 2 aromatic rings. The topological polar surface area (TPSA) is 37.5 Å². The highest BCUT2D eigenvalue weighted by Crippen LogP contribution is 2.36. The second-order valence-corrected chi connectivity index (χ2v) is 5.60. The van der Waals surface area contributed by atoms with Gasteiger partial charge in [0.15, 0.2) is 0 Å². The van der Waals surface area contributed by atoms with Gasteiger partial charge in [0.2, 0.25) is 0 Å². The lowest BCUT2D eigenvalue weighted by Gasteiger charge is -2.28. The van der Waals surface area contributed by atoms with E-state index in [9.17, 15) is 5.11 Å². The summed E-state index contributed by atoms with van der Waals surface area (Å²) in [5.74, 6) is 1.20. The average molecular weight is 244 g/mol. The van der Waals surface area contributed by atoms with Crippen molar-refractivity contribution in [3.05, 3.63) is 36.3 Å². The number of hydrogen-bond donors (Lipinski definition) is 1. The Bertz CT molecular complexity index is 493. The molecule has 0 saturated heterocycles. The summed E-state index contributed by atoms with van der Waals surface area (Å²) < 4.78 is 1.98. The Morgan fingerprint density at radius 2 is 2.06 bits per heavy atom. The molecule has 18 heavy (non-hydrogen) atoms. The van der Waals surface area contributed by atoms with E-state index in [0.29, 0.717) is 5.92 Å². The van der Waals surface area contributed by atoms with Crippen molar-refractivity contribution >= 4 is 5.65 Å². The van der Waals surface area contributed by atoms with Gasteiger partial charge in [0.05, 0.1) is 5.69 Å². The normalized spacial score (nSPS) is 26.3. The molecule has 0 spiro atoms. The van der Waals surface area contributed by atoms with Crippen molar-refractivity contribution in [1.29, 1.82) is 0 Å². The Morgan fingerprint density at radius 1 is 1.28 bits per heavy atom. The molecule has 0 aliphatic heterocycles. The lowest BCUT2D eigenvalue weighted by molar-refractivity contribution is 0.0725. The van der Waals surface area contributed by atoms with Crippen LogP contribution >= 0.6 is 0 Å². The van der Waals surface area contributed by atoms with Gasteiger partial charge < -0.3 is 9.51 Å². The molecular weight excluding hydrogens is 224 g/mol. The maximum absolute atomic E-state index is 10.5. The summed E-state index contributed by atoms with van der Waals surface area (Å²) >= 11 is 0. The number of aromatic nitrogens is 2. The highest BCUT2D eigenvalue weighted by atomic mass is 16.3. The van der Waals surface area contributed by atoms with Gasteiger partial charge in [0.1, 0.15) is 11.8 Å². The molecule has 1 aliphatic rings. The van der Waals surface area contributed by atoms with Crippen LogP contribution in [0.2, 0.25) is 0 Å². The van der Waals surface area contributed by atoms with E-state index in [4.69, 9.17) is 0 Å². The Morgan fingerprint density at radius 3 is 2.78 bits per heavy atom. The number of aliphatic hydroxyl groups excluding tert-OH is 1. The second kappa shape index (κ2) is 4.73. The van der Waals surface area contributed by atoms with Crippen molar-refractivity contribution in [2.24, 2.45) is 11.8 Å². The van der Waals surface area contributed by atoms with Gasteiger partial charge >= 0.3 is 0 Å². The van der Waals surface area contributed by atoms with Crippen molar-refractivity contribution in [1.82, 2.24) is 9.38 Å². The number of imidazole rings is 1. The molecule has 1 unspecified atom stereocenters. The molecule has 1 N–H and O–H groups in total. The number of fused-ring (bicyclic) bond motifs is 1. The summed E-state index contributed by atoms with van der Waals surface area (Å²) in [6, 6.07) is 5.92. The van der Waals surface area contributed by atoms with Crippen LogP contribution in [0, 0.1) is 11.8 Å². The molecule has 3 nitrogen and oxygen atoms in total. The first kappa shape index (κ1) is 11.7. The Hall–Kier alpha value is -1.35. The number of aliphatic hydroxyl groups is 1. The largest absolute Gasteiger partial charge is 0.386 e. The monoisotopic (exact) mass is 244 g/mol. The summed E-state index contributed by atoms with van der Waals surface area (Å²) in [6.07, 6.45) is 8.23. The van der Waals surface area contributed by atoms with E-state index in [0.717, 1.165) is 30.1 Å². The molecule has 96 valence electrons. The summed E-state index contributed by atoms with van der Waals surface area (Å²) in [5, 5.41) is 10.5. The summed E-state index contributed by atoms with van der Waals surface area (Å²) in [7, 11) is 0. The molecule has 0 amide bonds. The number of rotatable bonds is 2. The zero-order valence-electron chi connectivity index (χ0n) is 10.8. The van der Waals surface area contributed by atoms with E-state index >= 15 is 0 Å². The molecule has 0 bridgehead atoms. The molecule has 3 heteroatoms. The number of hydrogen-bond acceptors (Lipinski definition) is 2. The van der Waals surface area contributed by atoms with Crippen molar-refractivity contribution in [3.8, 4) is 0 Å². The molecule has 2 heterocycles. The average Bonchev–Trinajstić information content (AvgIpc) is 2.82. The van der Waals surface area contributed by atoms with Crippen LogP contribution in [-0.4, -0.2) is 14.5 Å². The van der Waals surface area contributed by atoms with Crippen LogP contribution in [0.5, 0.6) is 0 Å². The third kappa shape index (κ3) is 2.15. The van der Waals surface area contributed by atoms with Gasteiger partial charge in [-0.2, -0.15) is 0 Å². The van der Waals surface area contributed by atoms with Crippen LogP contribution in [0.1, 0.15) is 44.4 Å². The number of pyridine rings is 1. The zero-order chi connectivity index (χ0) is 12.5. The molecule has 0 radical (unpaired) electrons. The van der Waals surface area contributed by atoms with Gasteiger partial charge in [-0.1, -0.05) is 25.8 Å². The fourth-order valence-corrected chi connectivity index (χ4v) is 2.94. The highest BCUT2D eigenvalue weighted by molar-refractivity contribution is 5.39. The fourth-order valence-electron chi connectivity index (χ4n) is 2.94. The molecule has 1 saturated carbocycles. The summed E-state index contributed by atoms with van der Waals surface area (Å²) in [5.41, 5.74) is 1.73. The van der Waals surface area contributed by atoms with Gasteiger partial charge in [-0.25, -0.2) is 4.98 Å². The number of nitrogens with zero attached hydrogens (tertiary/aromatic N) is 2. The van der Waals surface area contributed by atoms with Gasteiger partial charge in [-0.05, 0) is 36.8 Å². The van der Waals surface area contributed by atoms with Crippen LogP contribution < -0.4 is 0 Å². The third-order valence-corrected chi connectivity index (χ3v) is 4.19. The predicted molar refractivity (Wildman–Crippen MR) is 71.3 cm³/mol. The van der Waals surface area contributed by atoms with Crippen molar-refractivity contribution in [2.75, 3.05) is 0 Å². The van der Waals surface area contributed by atoms with E-state index < -0.39 is 6.10 Å². The molecule has 3 rings (SSSR count). The quantitative estimate of drug-likeness (QED) is 0.881. The highest BCUT2D eigenvalue weighted by Gasteiger charge is 2.27. The summed E-state index contributed by atoms with van der Waals surface area (Å²) in [4.78, 5) is 4.52. The van der Waals surface area contributed by atoms with Crippen LogP contribution in [0.3, 0.4) is 0 Å². The van der Waals surface area contributed by atoms with Crippen molar-refractivity contribution in [2.45, 2.75) is 38.7 Å². The first-order valence-electron chi connectivity index (χ1n) is 6.86. The second-order valence-electron chi connectivity index (χ2n) is 5.60. The first-order chi connectivity index (χ1) is 8.74. The fraction of sp³-hybridized carbons (Fsp3) is 0.533. The first-order valence-corrected chi connectivity index (χ1v) is 6.86. The molecule has 1 fully saturated rings. The Kier molecular flexibility index (Phi) is 3.08. The van der Waals surface area contributed by atoms with Crippen molar-refractivity contribution in [3.63, 3.8) is 0 Å². The minimum absolute atomic E-state index is 0.381. The van der Waals surface area contributed by atoms with Gasteiger partial charge in [-0.3, -0.25) is 0 Å². The molecule has 1 atom stereocenters. The van der Waals surface area contributed by atoms with Gasteiger partial charge in [0, 0.05) is 12.4 Å². The van der Waals surface area contributed by atoms with E-state index in [1.54, 1.807) is 0 Å². The van der Waals surface area contributed by atoms with Crippen LogP contribution in [0.4, 0.5) is 0 Å². The predicted octanol–water partition coefficient (Wildman–Crippen LogP) is 3.19. The van der Waals surface area contributed by atoms with Crippen LogP contribution in [0.15, 0.2) is 30.6 Å².